The number of likely N-dealkylation sites (N-methyl/N-ethyl adjacent to an activating group) is 1. The molecule has 4 amide bonds. The molecule has 5 aliphatic rings. The average Bonchev–Trinajstić information content (AvgIpc) is 3.63. The smallest absolute Gasteiger partial charge is 0.293 e. The summed E-state index contributed by atoms with van der Waals surface area (Å²) in [6.07, 6.45) is 6.79. The lowest BCUT2D eigenvalue weighted by Gasteiger charge is -2.47. The number of hydrogen-bond acceptors (Lipinski definition) is 12. The molecule has 0 bridgehead atoms. The minimum Gasteiger partial charge on any atom is -0.478 e. The number of nitrogens with zero attached hydrogens (tertiary/aromatic N) is 6. The van der Waals surface area contributed by atoms with Gasteiger partial charge in [-0.25, -0.2) is 13.8 Å². The van der Waals surface area contributed by atoms with Crippen molar-refractivity contribution in [2.75, 3.05) is 50.1 Å². The molecule has 65 heavy (non-hydrogen) atoms. The van der Waals surface area contributed by atoms with Crippen LogP contribution in [0.25, 0.3) is 10.9 Å². The lowest BCUT2D eigenvalue weighted by Crippen LogP contribution is -2.52. The predicted octanol–water partition coefficient (Wildman–Crippen LogP) is 5.33. The number of anilines is 3. The van der Waals surface area contributed by atoms with Gasteiger partial charge in [0.15, 0.2) is 18.2 Å². The van der Waals surface area contributed by atoms with E-state index >= 15 is 8.78 Å². The summed E-state index contributed by atoms with van der Waals surface area (Å²) >= 11 is 6.58. The summed E-state index contributed by atoms with van der Waals surface area (Å²) < 4.78 is 45.3. The second kappa shape index (κ2) is 18.3. The number of carbonyl (C=O) groups excluding carboxylic acids is 4. The van der Waals surface area contributed by atoms with Crippen LogP contribution >= 0.6 is 11.6 Å². The van der Waals surface area contributed by atoms with Gasteiger partial charge in [-0.2, -0.15) is 4.98 Å². The van der Waals surface area contributed by atoms with Crippen molar-refractivity contribution in [1.29, 1.82) is 0 Å². The highest BCUT2D eigenvalue weighted by atomic mass is 35.5. The SMILES string of the molecule is CNC(=O)COc1cc2cc(Nc3nc(N4CCC(OC5CC(N6CCC(c7cc(F)c8c(c7F)CN([C@H]7CCC(=O)NC7=O)C8=O)CC6)C5)CC4)ncc3Cl)ccc2n(C(C)C)c1=O. The lowest BCUT2D eigenvalue weighted by molar-refractivity contribution is -0.137. The highest BCUT2D eigenvalue weighted by molar-refractivity contribution is 6.33. The number of rotatable bonds is 12. The van der Waals surface area contributed by atoms with Gasteiger partial charge >= 0.3 is 0 Å². The molecule has 4 aliphatic heterocycles. The van der Waals surface area contributed by atoms with Gasteiger partial charge in [0.1, 0.15) is 22.7 Å². The van der Waals surface area contributed by atoms with E-state index in [2.05, 4.69) is 30.7 Å². The normalized spacial score (nSPS) is 22.0. The number of aromatic nitrogens is 3. The molecule has 9 rings (SSSR count). The maximum Gasteiger partial charge on any atom is 0.293 e. The molecular weight excluding hydrogens is 864 g/mol. The van der Waals surface area contributed by atoms with E-state index < -0.39 is 35.4 Å². The van der Waals surface area contributed by atoms with E-state index in [-0.39, 0.29) is 84.1 Å². The summed E-state index contributed by atoms with van der Waals surface area (Å²) in [6, 6.07) is 7.65. The van der Waals surface area contributed by atoms with Crippen LogP contribution in [0.2, 0.25) is 5.02 Å². The quantitative estimate of drug-likeness (QED) is 0.156. The Morgan fingerprint density at radius 1 is 0.985 bits per heavy atom. The molecule has 2 aromatic carbocycles. The van der Waals surface area contributed by atoms with Gasteiger partial charge < -0.3 is 39.4 Å². The van der Waals surface area contributed by atoms with E-state index in [1.807, 2.05) is 32.0 Å². The second-order valence-corrected chi connectivity index (χ2v) is 18.3. The summed E-state index contributed by atoms with van der Waals surface area (Å²) in [5.74, 6) is -2.59. The number of ether oxygens (including phenoxy) is 2. The van der Waals surface area contributed by atoms with Crippen molar-refractivity contribution in [2.24, 2.45) is 0 Å². The van der Waals surface area contributed by atoms with Gasteiger partial charge in [-0.15, -0.1) is 0 Å². The third kappa shape index (κ3) is 8.87. The van der Waals surface area contributed by atoms with Crippen LogP contribution in [0, 0.1) is 11.6 Å². The van der Waals surface area contributed by atoms with Crippen molar-refractivity contribution in [1.82, 2.24) is 35.0 Å². The number of pyridine rings is 1. The van der Waals surface area contributed by atoms with E-state index in [9.17, 15) is 24.0 Å². The van der Waals surface area contributed by atoms with Crippen LogP contribution in [-0.4, -0.2) is 112 Å². The van der Waals surface area contributed by atoms with Gasteiger partial charge in [0.05, 0.1) is 36.0 Å². The number of hydrogen-bond donors (Lipinski definition) is 3. The molecular formula is C46H52ClF2N9O7. The van der Waals surface area contributed by atoms with Crippen molar-refractivity contribution in [3.05, 3.63) is 80.2 Å². The van der Waals surface area contributed by atoms with Crippen molar-refractivity contribution < 1.29 is 37.4 Å². The van der Waals surface area contributed by atoms with Crippen LogP contribution in [0.4, 0.5) is 26.2 Å². The fourth-order valence-corrected chi connectivity index (χ4v) is 10.1. The van der Waals surface area contributed by atoms with Gasteiger partial charge in [-0.3, -0.25) is 29.3 Å². The van der Waals surface area contributed by atoms with Gasteiger partial charge in [0.25, 0.3) is 17.4 Å². The minimum atomic E-state index is -0.941. The summed E-state index contributed by atoms with van der Waals surface area (Å²) in [5.41, 5.74) is 1.04. The van der Waals surface area contributed by atoms with Crippen molar-refractivity contribution >= 4 is 63.6 Å². The molecule has 19 heteroatoms. The van der Waals surface area contributed by atoms with Crippen LogP contribution in [-0.2, 0) is 25.7 Å². The number of halogens is 3. The molecule has 16 nitrogen and oxygen atoms in total. The average molecular weight is 916 g/mol. The first-order valence-corrected chi connectivity index (χ1v) is 22.8. The van der Waals surface area contributed by atoms with Crippen LogP contribution in [0.3, 0.4) is 0 Å². The Balaban J connectivity index is 0.753. The van der Waals surface area contributed by atoms with Gasteiger partial charge in [0.2, 0.25) is 17.8 Å². The molecule has 1 saturated carbocycles. The molecule has 4 aromatic rings. The Labute approximate surface area is 379 Å². The summed E-state index contributed by atoms with van der Waals surface area (Å²) in [7, 11) is 1.50. The number of likely N-dealkylation sites (tertiary alicyclic amines) is 1. The number of fused-ring (bicyclic) bond motifs is 2. The molecule has 0 spiro atoms. The van der Waals surface area contributed by atoms with E-state index in [0.717, 1.165) is 44.2 Å². The number of amides is 4. The number of nitrogens with one attached hydrogen (secondary N) is 3. The maximum absolute atomic E-state index is 16.0. The molecule has 3 saturated heterocycles. The molecule has 0 unspecified atom stereocenters. The molecule has 6 heterocycles. The lowest BCUT2D eigenvalue weighted by atomic mass is 9.82. The fraction of sp³-hybridized carbons (Fsp3) is 0.500. The van der Waals surface area contributed by atoms with Gasteiger partial charge in [0, 0.05) is 55.3 Å². The van der Waals surface area contributed by atoms with E-state index in [1.54, 1.807) is 16.8 Å². The zero-order valence-corrected chi connectivity index (χ0v) is 37.3. The Kier molecular flexibility index (Phi) is 12.5. The second-order valence-electron chi connectivity index (χ2n) is 17.9. The molecule has 3 N–H and O–H groups in total. The van der Waals surface area contributed by atoms with Gasteiger partial charge in [-0.05, 0) is 114 Å². The Morgan fingerprint density at radius 2 is 1.74 bits per heavy atom. The van der Waals surface area contributed by atoms with Crippen LogP contribution < -0.4 is 31.1 Å². The van der Waals surface area contributed by atoms with Crippen molar-refractivity contribution in [3.63, 3.8) is 0 Å². The van der Waals surface area contributed by atoms with Gasteiger partial charge in [-0.1, -0.05) is 11.6 Å². The van der Waals surface area contributed by atoms with E-state index in [4.69, 9.17) is 26.1 Å². The Bertz CT molecular complexity index is 2610. The third-order valence-corrected chi connectivity index (χ3v) is 13.8. The molecule has 1 aliphatic carbocycles. The molecule has 1 atom stereocenters. The molecule has 4 fully saturated rings. The fourth-order valence-electron chi connectivity index (χ4n) is 9.95. The number of piperidine rings is 3. The topological polar surface area (TPSA) is 180 Å². The highest BCUT2D eigenvalue weighted by Crippen LogP contribution is 2.40. The number of benzene rings is 2. The summed E-state index contributed by atoms with van der Waals surface area (Å²) in [6.45, 7) is 6.25. The Hall–Kier alpha value is -5.72. The predicted molar refractivity (Wildman–Crippen MR) is 238 cm³/mol. The number of carbonyl (C=O) groups is 4. The van der Waals surface area contributed by atoms with Crippen LogP contribution in [0.5, 0.6) is 5.75 Å². The summed E-state index contributed by atoms with van der Waals surface area (Å²) in [4.78, 5) is 77.4. The molecule has 2 aromatic heterocycles. The first kappa shape index (κ1) is 44.5. The Morgan fingerprint density at radius 3 is 2.45 bits per heavy atom. The molecule has 0 radical (unpaired) electrons. The minimum absolute atomic E-state index is 0.00765. The zero-order valence-electron chi connectivity index (χ0n) is 36.5. The highest BCUT2D eigenvalue weighted by Gasteiger charge is 2.44. The van der Waals surface area contributed by atoms with Crippen molar-refractivity contribution in [2.45, 2.75) is 108 Å². The summed E-state index contributed by atoms with van der Waals surface area (Å²) in [5, 5.41) is 9.11. The van der Waals surface area contributed by atoms with E-state index in [1.165, 1.54) is 18.0 Å². The monoisotopic (exact) mass is 915 g/mol. The third-order valence-electron chi connectivity index (χ3n) is 13.5. The number of imide groups is 1. The maximum atomic E-state index is 16.0. The van der Waals surface area contributed by atoms with Crippen molar-refractivity contribution in [3.8, 4) is 5.75 Å². The van der Waals surface area contributed by atoms with E-state index in [0.29, 0.717) is 60.0 Å². The standard InChI is InChI=1S/C46H52ClF2N9O7/c1-24(2)58-35-5-4-27(16-26(35)17-37(44(58)62)64-23-39(60)50-3)52-42-33(47)21-51-46(54-42)56-14-10-29(11-15-56)65-30-18-28(19-30)55-12-8-25(9-13-55)31-20-34(48)40-32(41(31)49)22-57(45(40)63)36-6-7-38(59)53-43(36)61/h4-5,16-17,20-21,24-25,28-30,36H,6-15,18-19,22-23H2,1-3H3,(H,50,60)(H,51,52,54)(H,53,59,61)/t28?,30?,36-/m0/s1. The van der Waals surface area contributed by atoms with Crippen LogP contribution in [0.1, 0.15) is 98.7 Å². The largest absolute Gasteiger partial charge is 0.478 e. The zero-order chi connectivity index (χ0) is 45.7. The first-order chi connectivity index (χ1) is 31.3. The van der Waals surface area contributed by atoms with Crippen LogP contribution in [0.15, 0.2) is 41.3 Å². The molecule has 344 valence electrons. The first-order valence-electron chi connectivity index (χ1n) is 22.4.